The van der Waals surface area contributed by atoms with Crippen LogP contribution in [0.1, 0.15) is 37.4 Å². The molecule has 1 atom stereocenters. The zero-order chi connectivity index (χ0) is 10.6. The molecule has 1 rings (SSSR count). The van der Waals surface area contributed by atoms with E-state index in [4.69, 9.17) is 0 Å². The third-order valence-electron chi connectivity index (χ3n) is 2.32. The molecule has 1 unspecified atom stereocenters. The van der Waals surface area contributed by atoms with Gasteiger partial charge in [0.25, 0.3) is 0 Å². The topological polar surface area (TPSA) is 12.0 Å². The average molecular weight is 195 g/mol. The Hall–Kier alpha value is -0.890. The van der Waals surface area contributed by atoms with E-state index in [1.807, 2.05) is 26.0 Å². The summed E-state index contributed by atoms with van der Waals surface area (Å²) >= 11 is 0. The highest BCUT2D eigenvalue weighted by molar-refractivity contribution is 5.25. The molecular weight excluding hydrogens is 177 g/mol. The minimum atomic E-state index is -0.110. The quantitative estimate of drug-likeness (QED) is 0.778. The molecule has 1 aromatic carbocycles. The van der Waals surface area contributed by atoms with E-state index < -0.39 is 0 Å². The summed E-state index contributed by atoms with van der Waals surface area (Å²) in [5.74, 6) is -0.110. The number of nitrogens with one attached hydrogen (secondary N) is 1. The van der Waals surface area contributed by atoms with E-state index in [0.29, 0.717) is 0 Å². The molecule has 0 radical (unpaired) electrons. The van der Waals surface area contributed by atoms with E-state index in [1.54, 1.807) is 6.07 Å². The van der Waals surface area contributed by atoms with Crippen LogP contribution in [0, 0.1) is 12.7 Å². The Labute approximate surface area is 85.3 Å². The molecule has 0 aliphatic rings. The van der Waals surface area contributed by atoms with Crippen molar-refractivity contribution in [1.82, 2.24) is 5.32 Å². The minimum Gasteiger partial charge on any atom is -0.310 e. The molecule has 0 heterocycles. The number of rotatable bonds is 4. The Morgan fingerprint density at radius 2 is 2.14 bits per heavy atom. The Morgan fingerprint density at radius 3 is 2.71 bits per heavy atom. The van der Waals surface area contributed by atoms with Crippen LogP contribution in [0.25, 0.3) is 0 Å². The van der Waals surface area contributed by atoms with Crippen molar-refractivity contribution in [3.05, 3.63) is 35.1 Å². The monoisotopic (exact) mass is 195 g/mol. The highest BCUT2D eigenvalue weighted by Gasteiger charge is 2.09. The van der Waals surface area contributed by atoms with Crippen LogP contribution in [0.15, 0.2) is 18.2 Å². The molecule has 0 saturated heterocycles. The van der Waals surface area contributed by atoms with Crippen molar-refractivity contribution in [3.63, 3.8) is 0 Å². The molecule has 0 saturated carbocycles. The second kappa shape index (κ2) is 5.11. The molecule has 14 heavy (non-hydrogen) atoms. The van der Waals surface area contributed by atoms with Gasteiger partial charge in [0.15, 0.2) is 0 Å². The molecule has 0 aliphatic carbocycles. The zero-order valence-corrected chi connectivity index (χ0v) is 9.10. The second-order valence-electron chi connectivity index (χ2n) is 3.70. The fourth-order valence-electron chi connectivity index (χ4n) is 1.45. The molecule has 0 aromatic heterocycles. The van der Waals surface area contributed by atoms with Gasteiger partial charge in [0.1, 0.15) is 5.82 Å². The molecule has 1 aromatic rings. The molecule has 2 heteroatoms. The summed E-state index contributed by atoms with van der Waals surface area (Å²) in [4.78, 5) is 0. The van der Waals surface area contributed by atoms with Crippen molar-refractivity contribution in [2.75, 3.05) is 6.54 Å². The van der Waals surface area contributed by atoms with E-state index in [0.717, 1.165) is 24.1 Å². The average Bonchev–Trinajstić information content (AvgIpc) is 2.14. The van der Waals surface area contributed by atoms with Gasteiger partial charge in [-0.1, -0.05) is 19.1 Å². The van der Waals surface area contributed by atoms with Crippen LogP contribution in [0.5, 0.6) is 0 Å². The summed E-state index contributed by atoms with van der Waals surface area (Å²) in [6.45, 7) is 6.92. The van der Waals surface area contributed by atoms with Crippen molar-refractivity contribution in [3.8, 4) is 0 Å². The van der Waals surface area contributed by atoms with Crippen LogP contribution in [0.3, 0.4) is 0 Å². The standard InChI is InChI=1S/C12H18FN/c1-4-7-14-10(3)11-6-5-9(2)8-12(11)13/h5-6,8,10,14H,4,7H2,1-3H3. The Bertz CT molecular complexity index is 296. The molecule has 0 spiro atoms. The van der Waals surface area contributed by atoms with E-state index in [1.165, 1.54) is 0 Å². The van der Waals surface area contributed by atoms with Gasteiger partial charge >= 0.3 is 0 Å². The predicted molar refractivity (Wildman–Crippen MR) is 57.8 cm³/mol. The number of aryl methyl sites for hydroxylation is 1. The lowest BCUT2D eigenvalue weighted by Crippen LogP contribution is -2.20. The van der Waals surface area contributed by atoms with Crippen LogP contribution < -0.4 is 5.32 Å². The second-order valence-corrected chi connectivity index (χ2v) is 3.70. The van der Waals surface area contributed by atoms with Gasteiger partial charge in [0, 0.05) is 11.6 Å². The van der Waals surface area contributed by atoms with Crippen LogP contribution in [0.4, 0.5) is 4.39 Å². The van der Waals surface area contributed by atoms with Gasteiger partial charge in [-0.2, -0.15) is 0 Å². The third-order valence-corrected chi connectivity index (χ3v) is 2.32. The Morgan fingerprint density at radius 1 is 1.43 bits per heavy atom. The van der Waals surface area contributed by atoms with E-state index in [2.05, 4.69) is 12.2 Å². The molecule has 0 fully saturated rings. The number of benzene rings is 1. The van der Waals surface area contributed by atoms with Crippen molar-refractivity contribution in [2.24, 2.45) is 0 Å². The highest BCUT2D eigenvalue weighted by atomic mass is 19.1. The van der Waals surface area contributed by atoms with Gasteiger partial charge in [-0.05, 0) is 38.4 Å². The largest absolute Gasteiger partial charge is 0.310 e. The smallest absolute Gasteiger partial charge is 0.128 e. The molecule has 1 nitrogen and oxygen atoms in total. The van der Waals surface area contributed by atoms with Gasteiger partial charge in [-0.15, -0.1) is 0 Å². The van der Waals surface area contributed by atoms with Crippen molar-refractivity contribution in [2.45, 2.75) is 33.2 Å². The van der Waals surface area contributed by atoms with E-state index >= 15 is 0 Å². The molecule has 78 valence electrons. The number of halogens is 1. The third kappa shape index (κ3) is 2.81. The first-order chi connectivity index (χ1) is 6.65. The van der Waals surface area contributed by atoms with Gasteiger partial charge in [0.05, 0.1) is 0 Å². The van der Waals surface area contributed by atoms with Gasteiger partial charge in [0.2, 0.25) is 0 Å². The van der Waals surface area contributed by atoms with E-state index in [-0.39, 0.29) is 11.9 Å². The summed E-state index contributed by atoms with van der Waals surface area (Å²) in [7, 11) is 0. The predicted octanol–water partition coefficient (Wildman–Crippen LogP) is 3.19. The fraction of sp³-hybridized carbons (Fsp3) is 0.500. The molecular formula is C12H18FN. The Kier molecular flexibility index (Phi) is 4.08. The van der Waals surface area contributed by atoms with Crippen LogP contribution in [-0.2, 0) is 0 Å². The highest BCUT2D eigenvalue weighted by Crippen LogP contribution is 2.17. The summed E-state index contributed by atoms with van der Waals surface area (Å²) in [5.41, 5.74) is 1.72. The lowest BCUT2D eigenvalue weighted by Gasteiger charge is -2.14. The maximum Gasteiger partial charge on any atom is 0.128 e. The SMILES string of the molecule is CCCNC(C)c1ccc(C)cc1F. The first kappa shape index (κ1) is 11.2. The summed E-state index contributed by atoms with van der Waals surface area (Å²) in [6.07, 6.45) is 1.07. The summed E-state index contributed by atoms with van der Waals surface area (Å²) < 4.78 is 13.5. The molecule has 0 bridgehead atoms. The lowest BCUT2D eigenvalue weighted by atomic mass is 10.1. The maximum atomic E-state index is 13.5. The lowest BCUT2D eigenvalue weighted by molar-refractivity contribution is 0.527. The van der Waals surface area contributed by atoms with Crippen molar-refractivity contribution in [1.29, 1.82) is 0 Å². The normalized spacial score (nSPS) is 12.9. The zero-order valence-electron chi connectivity index (χ0n) is 9.10. The molecule has 0 amide bonds. The van der Waals surface area contributed by atoms with Crippen LogP contribution in [0.2, 0.25) is 0 Å². The van der Waals surface area contributed by atoms with Crippen LogP contribution >= 0.6 is 0 Å². The number of hydrogen-bond acceptors (Lipinski definition) is 1. The fourth-order valence-corrected chi connectivity index (χ4v) is 1.45. The number of hydrogen-bond donors (Lipinski definition) is 1. The van der Waals surface area contributed by atoms with Gasteiger partial charge < -0.3 is 5.32 Å². The van der Waals surface area contributed by atoms with Crippen molar-refractivity contribution < 1.29 is 4.39 Å². The van der Waals surface area contributed by atoms with Crippen molar-refractivity contribution >= 4 is 0 Å². The first-order valence-electron chi connectivity index (χ1n) is 5.14. The van der Waals surface area contributed by atoms with Gasteiger partial charge in [-0.3, -0.25) is 0 Å². The van der Waals surface area contributed by atoms with Crippen LogP contribution in [-0.4, -0.2) is 6.54 Å². The van der Waals surface area contributed by atoms with Gasteiger partial charge in [-0.25, -0.2) is 4.39 Å². The first-order valence-corrected chi connectivity index (χ1v) is 5.14. The summed E-state index contributed by atoms with van der Waals surface area (Å²) in [6, 6.07) is 5.48. The molecule has 1 N–H and O–H groups in total. The Balaban J connectivity index is 2.74. The van der Waals surface area contributed by atoms with E-state index in [9.17, 15) is 4.39 Å². The summed E-state index contributed by atoms with van der Waals surface area (Å²) in [5, 5.41) is 3.27. The minimum absolute atomic E-state index is 0.0931. The maximum absolute atomic E-state index is 13.5. The molecule has 0 aliphatic heterocycles.